The van der Waals surface area contributed by atoms with Crippen LogP contribution in [0.5, 0.6) is 0 Å². The van der Waals surface area contributed by atoms with Gasteiger partial charge >= 0.3 is 0 Å². The van der Waals surface area contributed by atoms with Crippen LogP contribution in [0.4, 0.5) is 0 Å². The number of aliphatic imine (C=N–C) groups is 1. The molecule has 2 rings (SSSR count). The molecule has 0 aliphatic carbocycles. The number of thioether (sulfide) groups is 1. The molecule has 146 valence electrons. The number of rotatable bonds is 7. The normalized spacial score (nSPS) is 17.2. The molecule has 1 aliphatic heterocycles. The molecule has 0 unspecified atom stereocenters. The third kappa shape index (κ3) is 7.17. The minimum Gasteiger partial charge on any atom is -0.357 e. The van der Waals surface area contributed by atoms with Crippen LogP contribution in [-0.2, 0) is 6.54 Å². The maximum absolute atomic E-state index is 4.79. The zero-order valence-corrected chi connectivity index (χ0v) is 17.7. The minimum absolute atomic E-state index is 0.709. The lowest BCUT2D eigenvalue weighted by atomic mass is 10.1. The summed E-state index contributed by atoms with van der Waals surface area (Å²) in [6.45, 7) is 12.6. The summed E-state index contributed by atoms with van der Waals surface area (Å²) < 4.78 is 0. The highest BCUT2D eigenvalue weighted by Crippen LogP contribution is 2.22. The lowest BCUT2D eigenvalue weighted by Gasteiger charge is -2.21. The maximum Gasteiger partial charge on any atom is 0.191 e. The molecule has 1 aromatic carbocycles. The number of nitrogens with one attached hydrogen (secondary N) is 2. The van der Waals surface area contributed by atoms with E-state index in [0.29, 0.717) is 6.54 Å². The summed E-state index contributed by atoms with van der Waals surface area (Å²) in [5.74, 6) is 0.909. The highest BCUT2D eigenvalue weighted by atomic mass is 32.2. The Hall–Kier alpha value is -1.24. The minimum atomic E-state index is 0.709. The van der Waals surface area contributed by atoms with Crippen LogP contribution in [0, 0.1) is 6.92 Å². The topological polar surface area (TPSA) is 42.9 Å². The van der Waals surface area contributed by atoms with Gasteiger partial charge in [-0.2, -0.15) is 0 Å². The molecule has 0 atom stereocenters. The van der Waals surface area contributed by atoms with Gasteiger partial charge in [-0.25, -0.2) is 4.99 Å². The Bertz CT molecular complexity index is 575. The van der Waals surface area contributed by atoms with Crippen molar-refractivity contribution in [2.45, 2.75) is 31.7 Å². The first-order valence-electron chi connectivity index (χ1n) is 9.69. The van der Waals surface area contributed by atoms with Crippen LogP contribution in [0.1, 0.15) is 24.5 Å². The van der Waals surface area contributed by atoms with Crippen molar-refractivity contribution < 1.29 is 0 Å². The van der Waals surface area contributed by atoms with E-state index < -0.39 is 0 Å². The molecule has 1 aliphatic rings. The number of likely N-dealkylation sites (N-methyl/N-ethyl adjacent to an activating group) is 1. The first-order chi connectivity index (χ1) is 12.6. The maximum atomic E-state index is 4.79. The summed E-state index contributed by atoms with van der Waals surface area (Å²) >= 11 is 1.79. The number of guanidine groups is 1. The Morgan fingerprint density at radius 2 is 2.04 bits per heavy atom. The molecule has 0 spiro atoms. The summed E-state index contributed by atoms with van der Waals surface area (Å²) in [4.78, 5) is 11.1. The largest absolute Gasteiger partial charge is 0.357 e. The summed E-state index contributed by atoms with van der Waals surface area (Å²) in [5, 5.41) is 6.86. The summed E-state index contributed by atoms with van der Waals surface area (Å²) in [6, 6.07) is 6.61. The molecule has 0 amide bonds. The molecule has 26 heavy (non-hydrogen) atoms. The van der Waals surface area contributed by atoms with E-state index in [0.717, 1.165) is 32.1 Å². The third-order valence-electron chi connectivity index (χ3n) is 4.73. The molecule has 5 nitrogen and oxygen atoms in total. The average Bonchev–Trinajstić information content (AvgIpc) is 2.84. The van der Waals surface area contributed by atoms with Crippen molar-refractivity contribution in [1.82, 2.24) is 20.4 Å². The van der Waals surface area contributed by atoms with Crippen LogP contribution in [0.3, 0.4) is 0 Å². The molecule has 0 saturated carbocycles. The van der Waals surface area contributed by atoms with Crippen molar-refractivity contribution in [3.05, 3.63) is 29.3 Å². The number of nitrogens with zero attached hydrogens (tertiary/aromatic N) is 3. The average molecular weight is 378 g/mol. The fraction of sp³-hybridized carbons (Fsp3) is 0.650. The molecule has 0 aromatic heterocycles. The van der Waals surface area contributed by atoms with E-state index in [1.807, 2.05) is 0 Å². The van der Waals surface area contributed by atoms with Gasteiger partial charge in [0.2, 0.25) is 0 Å². The number of aryl methyl sites for hydroxylation is 1. The molecular formula is C20H35N5S. The highest BCUT2D eigenvalue weighted by molar-refractivity contribution is 7.98. The zero-order valence-electron chi connectivity index (χ0n) is 16.8. The van der Waals surface area contributed by atoms with Gasteiger partial charge in [0, 0.05) is 37.6 Å². The van der Waals surface area contributed by atoms with Gasteiger partial charge in [0.1, 0.15) is 0 Å². The Kier molecular flexibility index (Phi) is 9.29. The van der Waals surface area contributed by atoms with Crippen LogP contribution in [0.25, 0.3) is 0 Å². The van der Waals surface area contributed by atoms with E-state index in [-0.39, 0.29) is 0 Å². The van der Waals surface area contributed by atoms with Gasteiger partial charge in [-0.15, -0.1) is 11.8 Å². The van der Waals surface area contributed by atoms with E-state index in [4.69, 9.17) is 4.99 Å². The first kappa shape index (κ1) is 21.1. The molecule has 1 heterocycles. The summed E-state index contributed by atoms with van der Waals surface area (Å²) in [6.07, 6.45) is 3.39. The van der Waals surface area contributed by atoms with E-state index in [1.54, 1.807) is 11.8 Å². The standard InChI is InChI=1S/C20H35N5S/c1-5-21-20(22-9-12-25-11-6-10-24(3)13-14-25)23-16-18-8-7-17(2)15-19(18)26-4/h7-8,15H,5-6,9-14,16H2,1-4H3,(H2,21,22,23). The van der Waals surface area contributed by atoms with E-state index in [1.165, 1.54) is 42.1 Å². The van der Waals surface area contributed by atoms with Crippen LogP contribution in [0.15, 0.2) is 28.1 Å². The van der Waals surface area contributed by atoms with Gasteiger partial charge in [0.15, 0.2) is 5.96 Å². The predicted molar refractivity (Wildman–Crippen MR) is 114 cm³/mol. The van der Waals surface area contributed by atoms with Gasteiger partial charge in [-0.3, -0.25) is 0 Å². The molecular weight excluding hydrogens is 342 g/mol. The number of hydrogen-bond donors (Lipinski definition) is 2. The van der Waals surface area contributed by atoms with Crippen LogP contribution >= 0.6 is 11.8 Å². The van der Waals surface area contributed by atoms with Gasteiger partial charge in [0.25, 0.3) is 0 Å². The second kappa shape index (κ2) is 11.5. The third-order valence-corrected chi connectivity index (χ3v) is 5.55. The Labute approximate surface area is 163 Å². The first-order valence-corrected chi connectivity index (χ1v) is 10.9. The van der Waals surface area contributed by atoms with Gasteiger partial charge in [-0.1, -0.05) is 12.1 Å². The highest BCUT2D eigenvalue weighted by Gasteiger charge is 2.11. The van der Waals surface area contributed by atoms with Crippen molar-refractivity contribution in [2.24, 2.45) is 4.99 Å². The van der Waals surface area contributed by atoms with Crippen LogP contribution < -0.4 is 10.6 Å². The van der Waals surface area contributed by atoms with Crippen molar-refractivity contribution in [2.75, 3.05) is 59.1 Å². The quantitative estimate of drug-likeness (QED) is 0.434. The molecule has 6 heteroatoms. The Morgan fingerprint density at radius 1 is 1.19 bits per heavy atom. The number of benzene rings is 1. The SMILES string of the molecule is CCNC(=NCc1ccc(C)cc1SC)NCCN1CCCN(C)CC1. The summed E-state index contributed by atoms with van der Waals surface area (Å²) in [7, 11) is 2.21. The van der Waals surface area contributed by atoms with E-state index >= 15 is 0 Å². The second-order valence-electron chi connectivity index (χ2n) is 6.94. The molecule has 1 saturated heterocycles. The van der Waals surface area contributed by atoms with Gasteiger partial charge < -0.3 is 20.4 Å². The van der Waals surface area contributed by atoms with Gasteiger partial charge in [-0.05, 0) is 63.9 Å². The Balaban J connectivity index is 1.86. The van der Waals surface area contributed by atoms with E-state index in [2.05, 4.69) is 65.8 Å². The lowest BCUT2D eigenvalue weighted by Crippen LogP contribution is -2.42. The molecule has 1 fully saturated rings. The molecule has 0 radical (unpaired) electrons. The smallest absolute Gasteiger partial charge is 0.191 e. The zero-order chi connectivity index (χ0) is 18.8. The van der Waals surface area contributed by atoms with Crippen molar-refractivity contribution >= 4 is 17.7 Å². The van der Waals surface area contributed by atoms with Gasteiger partial charge in [0.05, 0.1) is 6.54 Å². The predicted octanol–water partition coefficient (Wildman–Crippen LogP) is 2.41. The molecule has 1 aromatic rings. The fourth-order valence-corrected chi connectivity index (χ4v) is 3.84. The molecule has 2 N–H and O–H groups in total. The van der Waals surface area contributed by atoms with E-state index in [9.17, 15) is 0 Å². The van der Waals surface area contributed by atoms with Crippen molar-refractivity contribution in [3.63, 3.8) is 0 Å². The summed E-state index contributed by atoms with van der Waals surface area (Å²) in [5.41, 5.74) is 2.59. The fourth-order valence-electron chi connectivity index (χ4n) is 3.14. The second-order valence-corrected chi connectivity index (χ2v) is 7.78. The van der Waals surface area contributed by atoms with Crippen molar-refractivity contribution in [3.8, 4) is 0 Å². The molecule has 0 bridgehead atoms. The monoisotopic (exact) mass is 377 g/mol. The van der Waals surface area contributed by atoms with Crippen LogP contribution in [0.2, 0.25) is 0 Å². The van der Waals surface area contributed by atoms with Crippen LogP contribution in [-0.4, -0.2) is 74.9 Å². The number of hydrogen-bond acceptors (Lipinski definition) is 4. The lowest BCUT2D eigenvalue weighted by molar-refractivity contribution is 0.280. The Morgan fingerprint density at radius 3 is 2.81 bits per heavy atom. The van der Waals surface area contributed by atoms with Crippen molar-refractivity contribution in [1.29, 1.82) is 0 Å².